The van der Waals surface area contributed by atoms with Gasteiger partial charge in [-0.15, -0.1) is 10.2 Å². The first-order valence-electron chi connectivity index (χ1n) is 9.83. The van der Waals surface area contributed by atoms with Crippen LogP contribution in [0.3, 0.4) is 0 Å². The minimum absolute atomic E-state index is 0.0759. The van der Waals surface area contributed by atoms with Gasteiger partial charge in [0.05, 0.1) is 17.1 Å². The van der Waals surface area contributed by atoms with E-state index in [1.165, 1.54) is 0 Å². The van der Waals surface area contributed by atoms with Crippen molar-refractivity contribution in [2.45, 2.75) is 63.7 Å². The van der Waals surface area contributed by atoms with Gasteiger partial charge >= 0.3 is 0 Å². The Morgan fingerprint density at radius 1 is 1.10 bits per heavy atom. The van der Waals surface area contributed by atoms with E-state index in [4.69, 9.17) is 5.10 Å². The van der Waals surface area contributed by atoms with E-state index in [2.05, 4.69) is 41.2 Å². The van der Waals surface area contributed by atoms with Crippen molar-refractivity contribution in [3.63, 3.8) is 0 Å². The van der Waals surface area contributed by atoms with Gasteiger partial charge in [0, 0.05) is 24.4 Å². The number of hydrogen-bond acceptors (Lipinski definition) is 6. The Kier molecular flexibility index (Phi) is 4.73. The first-order valence-corrected chi connectivity index (χ1v) is 11.3. The summed E-state index contributed by atoms with van der Waals surface area (Å²) in [5.74, 6) is 0.921. The van der Waals surface area contributed by atoms with Crippen molar-refractivity contribution in [2.75, 3.05) is 13.1 Å². The van der Waals surface area contributed by atoms with Gasteiger partial charge in [-0.25, -0.2) is 8.42 Å². The molecule has 4 rings (SSSR count). The van der Waals surface area contributed by atoms with E-state index in [1.54, 1.807) is 18.2 Å². The third kappa shape index (κ3) is 3.44. The highest BCUT2D eigenvalue weighted by atomic mass is 32.2. The van der Waals surface area contributed by atoms with E-state index in [0.29, 0.717) is 47.9 Å². The second kappa shape index (κ2) is 6.88. The molecule has 156 valence electrons. The summed E-state index contributed by atoms with van der Waals surface area (Å²) in [5.41, 5.74) is 2.69. The van der Waals surface area contributed by atoms with E-state index < -0.39 is 10.0 Å². The largest absolute Gasteiger partial charge is 0.281 e. The third-order valence-electron chi connectivity index (χ3n) is 5.53. The molecule has 1 aliphatic heterocycles. The lowest BCUT2D eigenvalue weighted by Gasteiger charge is -2.30. The molecule has 0 bridgehead atoms. The molecule has 3 aromatic rings. The number of H-pyrrole nitrogens is 1. The van der Waals surface area contributed by atoms with Crippen molar-refractivity contribution < 1.29 is 8.42 Å². The molecule has 0 aliphatic carbocycles. The number of sulfonamides is 1. The fourth-order valence-corrected chi connectivity index (χ4v) is 5.67. The van der Waals surface area contributed by atoms with Crippen LogP contribution in [0.5, 0.6) is 0 Å². The molecule has 1 fully saturated rings. The van der Waals surface area contributed by atoms with Gasteiger partial charge in [-0.2, -0.15) is 19.0 Å². The number of aromatic amines is 1. The van der Waals surface area contributed by atoms with E-state index in [9.17, 15) is 8.42 Å². The summed E-state index contributed by atoms with van der Waals surface area (Å²) >= 11 is 0. The second-order valence-corrected chi connectivity index (χ2v) is 10.6. The summed E-state index contributed by atoms with van der Waals surface area (Å²) in [5, 5.41) is 20.2. The molecule has 3 aromatic heterocycles. The summed E-state index contributed by atoms with van der Waals surface area (Å²) in [7, 11) is -3.56. The van der Waals surface area contributed by atoms with Gasteiger partial charge in [0.25, 0.3) is 0 Å². The summed E-state index contributed by atoms with van der Waals surface area (Å²) in [6, 6.07) is 3.92. The van der Waals surface area contributed by atoms with Crippen molar-refractivity contribution in [1.82, 2.24) is 34.3 Å². The molecule has 0 atom stereocenters. The Morgan fingerprint density at radius 2 is 1.79 bits per heavy atom. The second-order valence-electron chi connectivity index (χ2n) is 8.74. The van der Waals surface area contributed by atoms with Crippen LogP contribution in [0.1, 0.15) is 62.4 Å². The average Bonchev–Trinajstić information content (AvgIpc) is 3.23. The monoisotopic (exact) mass is 417 g/mol. The number of fused-ring (bicyclic) bond motifs is 1. The number of aromatic nitrogens is 6. The molecule has 1 N–H and O–H groups in total. The molecule has 0 unspecified atom stereocenters. The average molecular weight is 418 g/mol. The molecule has 0 aromatic carbocycles. The van der Waals surface area contributed by atoms with Crippen molar-refractivity contribution in [3.05, 3.63) is 35.0 Å². The molecule has 0 spiro atoms. The number of piperidine rings is 1. The quantitative estimate of drug-likeness (QED) is 0.700. The van der Waals surface area contributed by atoms with Crippen LogP contribution in [0, 0.1) is 13.8 Å². The molecule has 1 saturated heterocycles. The van der Waals surface area contributed by atoms with Gasteiger partial charge in [-0.3, -0.25) is 5.10 Å². The first-order chi connectivity index (χ1) is 13.6. The van der Waals surface area contributed by atoms with Crippen LogP contribution in [0.15, 0.2) is 17.0 Å². The summed E-state index contributed by atoms with van der Waals surface area (Å²) in [6.45, 7) is 10.7. The maximum Gasteiger partial charge on any atom is 0.246 e. The Hall–Kier alpha value is -2.33. The van der Waals surface area contributed by atoms with Crippen molar-refractivity contribution >= 4 is 15.7 Å². The van der Waals surface area contributed by atoms with Crippen LogP contribution in [0.2, 0.25) is 0 Å². The minimum Gasteiger partial charge on any atom is -0.281 e. The summed E-state index contributed by atoms with van der Waals surface area (Å²) < 4.78 is 29.5. The molecule has 0 saturated carbocycles. The fraction of sp³-hybridized carbons (Fsp3) is 0.579. The smallest absolute Gasteiger partial charge is 0.246 e. The summed E-state index contributed by atoms with van der Waals surface area (Å²) in [6.07, 6.45) is 1.36. The molecule has 0 radical (unpaired) electrons. The number of aryl methyl sites for hydroxylation is 2. The van der Waals surface area contributed by atoms with Gasteiger partial charge in [-0.1, -0.05) is 20.8 Å². The van der Waals surface area contributed by atoms with Crippen LogP contribution in [0.25, 0.3) is 5.65 Å². The summed E-state index contributed by atoms with van der Waals surface area (Å²) in [4.78, 5) is 0.292. The standard InChI is InChI=1S/C19H27N7O2S/c1-12-17(13(2)21-20-12)29(27,28)25-10-8-14(9-11-25)18-23-22-16-7-6-15(19(3,4)5)24-26(16)18/h6-7,14H,8-11H2,1-5H3,(H,20,21). The number of nitrogens with one attached hydrogen (secondary N) is 1. The molecule has 1 aliphatic rings. The number of hydrogen-bond donors (Lipinski definition) is 1. The molecular weight excluding hydrogens is 390 g/mol. The van der Waals surface area contributed by atoms with Crippen LogP contribution < -0.4 is 0 Å². The Labute approximate surface area is 170 Å². The van der Waals surface area contributed by atoms with Gasteiger partial charge < -0.3 is 0 Å². The Morgan fingerprint density at radius 3 is 2.38 bits per heavy atom. The van der Waals surface area contributed by atoms with Crippen molar-refractivity contribution in [2.24, 2.45) is 0 Å². The Balaban J connectivity index is 1.57. The van der Waals surface area contributed by atoms with Crippen molar-refractivity contribution in [1.29, 1.82) is 0 Å². The number of nitrogens with zero attached hydrogens (tertiary/aromatic N) is 6. The highest BCUT2D eigenvalue weighted by Gasteiger charge is 2.34. The van der Waals surface area contributed by atoms with Gasteiger partial charge in [-0.05, 0) is 38.8 Å². The van der Waals surface area contributed by atoms with Gasteiger partial charge in [0.1, 0.15) is 4.90 Å². The molecule has 4 heterocycles. The van der Waals surface area contributed by atoms with E-state index in [-0.39, 0.29) is 11.3 Å². The predicted octanol–water partition coefficient (Wildman–Crippen LogP) is 2.33. The SMILES string of the molecule is Cc1n[nH]c(C)c1S(=O)(=O)N1CCC(c2nnc3ccc(C(C)(C)C)nn23)CC1. The van der Waals surface area contributed by atoms with Crippen LogP contribution in [-0.2, 0) is 15.4 Å². The first kappa shape index (κ1) is 20.0. The third-order valence-corrected chi connectivity index (χ3v) is 7.70. The van der Waals surface area contributed by atoms with Gasteiger partial charge in [0.15, 0.2) is 11.5 Å². The highest BCUT2D eigenvalue weighted by molar-refractivity contribution is 7.89. The topological polar surface area (TPSA) is 109 Å². The van der Waals surface area contributed by atoms with E-state index in [0.717, 1.165) is 11.5 Å². The number of rotatable bonds is 3. The fourth-order valence-electron chi connectivity index (χ4n) is 3.86. The van der Waals surface area contributed by atoms with Crippen LogP contribution in [-0.4, -0.2) is 55.8 Å². The molecule has 29 heavy (non-hydrogen) atoms. The zero-order valence-electron chi connectivity index (χ0n) is 17.5. The molecule has 9 nitrogen and oxygen atoms in total. The zero-order valence-corrected chi connectivity index (χ0v) is 18.3. The lowest BCUT2D eigenvalue weighted by atomic mass is 9.92. The lowest BCUT2D eigenvalue weighted by Crippen LogP contribution is -2.38. The predicted molar refractivity (Wildman–Crippen MR) is 108 cm³/mol. The van der Waals surface area contributed by atoms with E-state index >= 15 is 0 Å². The minimum atomic E-state index is -3.56. The molecule has 10 heteroatoms. The normalized spacial score (nSPS) is 17.3. The maximum absolute atomic E-state index is 13.1. The van der Waals surface area contributed by atoms with Crippen LogP contribution >= 0.6 is 0 Å². The molecular formula is C19H27N7O2S. The maximum atomic E-state index is 13.1. The van der Waals surface area contributed by atoms with Crippen molar-refractivity contribution in [3.8, 4) is 0 Å². The van der Waals surface area contributed by atoms with E-state index in [1.807, 2.05) is 16.6 Å². The zero-order chi connectivity index (χ0) is 21.0. The highest BCUT2D eigenvalue weighted by Crippen LogP contribution is 2.31. The van der Waals surface area contributed by atoms with Crippen LogP contribution in [0.4, 0.5) is 0 Å². The van der Waals surface area contributed by atoms with Gasteiger partial charge in [0.2, 0.25) is 10.0 Å². The molecule has 0 amide bonds. The Bertz CT molecular complexity index is 1130. The lowest BCUT2D eigenvalue weighted by molar-refractivity contribution is 0.311.